The Labute approximate surface area is 51.3 Å². The van der Waals surface area contributed by atoms with Gasteiger partial charge in [-0.1, -0.05) is 27.2 Å². The molecule has 0 fully saturated rings. The fourth-order valence-corrected chi connectivity index (χ4v) is 0.339. The molecule has 0 unspecified atom stereocenters. The number of hydrogen-bond acceptors (Lipinski definition) is 1. The molecular weight excluding hydrogens is 98.1 g/mol. The van der Waals surface area contributed by atoms with Crippen molar-refractivity contribution in [1.29, 1.82) is 5.26 Å². The van der Waals surface area contributed by atoms with Gasteiger partial charge in [-0.05, 0) is 5.41 Å². The summed E-state index contributed by atoms with van der Waals surface area (Å²) < 4.78 is 0. The van der Waals surface area contributed by atoms with Crippen LogP contribution in [0.3, 0.4) is 0 Å². The summed E-state index contributed by atoms with van der Waals surface area (Å²) in [6.45, 7) is 6.32. The minimum absolute atomic E-state index is 0.231. The van der Waals surface area contributed by atoms with Crippen molar-refractivity contribution in [2.75, 3.05) is 0 Å². The van der Waals surface area contributed by atoms with Gasteiger partial charge in [-0.25, -0.2) is 0 Å². The van der Waals surface area contributed by atoms with Crippen LogP contribution in [0.2, 0.25) is 0 Å². The highest BCUT2D eigenvalue weighted by molar-refractivity contribution is 4.80. The van der Waals surface area contributed by atoms with Gasteiger partial charge in [0.05, 0.1) is 6.07 Å². The Hall–Kier alpha value is -0.510. The topological polar surface area (TPSA) is 23.8 Å². The first kappa shape index (κ1) is 7.49. The highest BCUT2D eigenvalue weighted by Crippen LogP contribution is 2.22. The molecule has 0 amide bonds. The molecule has 0 spiro atoms. The number of nitriles is 1. The molecule has 0 rings (SSSR count). The quantitative estimate of drug-likeness (QED) is 0.536. The zero-order valence-electron chi connectivity index (χ0n) is 5.86. The lowest BCUT2D eigenvalue weighted by Crippen LogP contribution is -2.07. The van der Waals surface area contributed by atoms with E-state index in [1.807, 2.05) is 0 Å². The molecule has 1 nitrogen and oxygen atoms in total. The Morgan fingerprint density at radius 2 is 2.00 bits per heavy atom. The molecule has 0 saturated carbocycles. The summed E-state index contributed by atoms with van der Waals surface area (Å²) in [5.74, 6) is 0. The summed E-state index contributed by atoms with van der Waals surface area (Å²) in [6, 6.07) is 2.16. The maximum absolute atomic E-state index is 8.28. The van der Waals surface area contributed by atoms with Crippen molar-refractivity contribution in [3.05, 3.63) is 0 Å². The van der Waals surface area contributed by atoms with Crippen molar-refractivity contribution >= 4 is 0 Å². The molecule has 0 saturated heterocycles. The first-order valence-electron chi connectivity index (χ1n) is 2.99. The van der Waals surface area contributed by atoms with Crippen LogP contribution >= 0.6 is 0 Å². The second-order valence-corrected chi connectivity index (χ2v) is 2.85. The summed E-state index contributed by atoms with van der Waals surface area (Å²) in [4.78, 5) is 0. The molecule has 0 aliphatic carbocycles. The van der Waals surface area contributed by atoms with Gasteiger partial charge in [0.15, 0.2) is 0 Å². The van der Waals surface area contributed by atoms with Crippen LogP contribution in [-0.4, -0.2) is 0 Å². The molecule has 0 aromatic rings. The van der Waals surface area contributed by atoms with Crippen LogP contribution in [0.15, 0.2) is 0 Å². The Morgan fingerprint density at radius 3 is 2.12 bits per heavy atom. The molecule has 46 valence electrons. The summed E-state index contributed by atoms with van der Waals surface area (Å²) in [7, 11) is 0. The molecule has 0 atom stereocenters. The molecule has 1 heteroatoms. The zero-order valence-corrected chi connectivity index (χ0v) is 5.86. The van der Waals surface area contributed by atoms with Gasteiger partial charge in [0.2, 0.25) is 0 Å². The van der Waals surface area contributed by atoms with Gasteiger partial charge in [-0.3, -0.25) is 0 Å². The van der Waals surface area contributed by atoms with Crippen molar-refractivity contribution in [3.63, 3.8) is 0 Å². The molecule has 0 aliphatic rings. The average molecular weight is 111 g/mol. The van der Waals surface area contributed by atoms with Gasteiger partial charge >= 0.3 is 0 Å². The van der Waals surface area contributed by atoms with E-state index in [1.54, 1.807) is 0 Å². The van der Waals surface area contributed by atoms with E-state index in [-0.39, 0.29) is 5.41 Å². The van der Waals surface area contributed by atoms with E-state index in [0.29, 0.717) is 6.42 Å². The van der Waals surface area contributed by atoms with Crippen LogP contribution in [0.5, 0.6) is 0 Å². The van der Waals surface area contributed by atoms with Gasteiger partial charge in [0.25, 0.3) is 0 Å². The van der Waals surface area contributed by atoms with E-state index in [4.69, 9.17) is 5.26 Å². The molecule has 0 N–H and O–H groups in total. The first-order valence-corrected chi connectivity index (χ1v) is 2.99. The van der Waals surface area contributed by atoms with Gasteiger partial charge < -0.3 is 0 Å². The summed E-state index contributed by atoms with van der Waals surface area (Å²) >= 11 is 0. The highest BCUT2D eigenvalue weighted by atomic mass is 14.3. The number of hydrogen-bond donors (Lipinski definition) is 0. The van der Waals surface area contributed by atoms with Crippen molar-refractivity contribution in [1.82, 2.24) is 0 Å². The zero-order chi connectivity index (χ0) is 6.62. The van der Waals surface area contributed by atoms with Crippen molar-refractivity contribution in [2.45, 2.75) is 33.6 Å². The second-order valence-electron chi connectivity index (χ2n) is 2.85. The maximum Gasteiger partial charge on any atom is 0.0627 e. The predicted octanol–water partition coefficient (Wildman–Crippen LogP) is 2.34. The fraction of sp³-hybridized carbons (Fsp3) is 0.857. The van der Waals surface area contributed by atoms with Gasteiger partial charge in [-0.15, -0.1) is 0 Å². The van der Waals surface area contributed by atoms with Gasteiger partial charge in [0.1, 0.15) is 0 Å². The van der Waals surface area contributed by atoms with E-state index in [2.05, 4.69) is 26.8 Å². The van der Waals surface area contributed by atoms with E-state index in [9.17, 15) is 0 Å². The third kappa shape index (κ3) is 2.63. The molecule has 0 aromatic heterocycles. The van der Waals surface area contributed by atoms with Crippen LogP contribution in [0.1, 0.15) is 33.6 Å². The minimum Gasteiger partial charge on any atom is -0.198 e. The summed E-state index contributed by atoms with van der Waals surface area (Å²) in [6.07, 6.45) is 1.75. The molecular formula is C7H13N. The number of rotatable bonds is 2. The lowest BCUT2D eigenvalue weighted by Gasteiger charge is -2.16. The molecule has 0 radical (unpaired) electrons. The maximum atomic E-state index is 8.28. The smallest absolute Gasteiger partial charge is 0.0627 e. The van der Waals surface area contributed by atoms with E-state index in [1.165, 1.54) is 0 Å². The van der Waals surface area contributed by atoms with Crippen LogP contribution in [-0.2, 0) is 0 Å². The normalized spacial score (nSPS) is 10.8. The molecule has 8 heavy (non-hydrogen) atoms. The standard InChI is InChI=1S/C7H13N/c1-4-7(2,3)5-6-8/h4-5H2,1-3H3. The van der Waals surface area contributed by atoms with E-state index >= 15 is 0 Å². The molecule has 0 heterocycles. The monoisotopic (exact) mass is 111 g/mol. The van der Waals surface area contributed by atoms with Gasteiger partial charge in [-0.2, -0.15) is 5.26 Å². The first-order chi connectivity index (χ1) is 3.62. The van der Waals surface area contributed by atoms with Gasteiger partial charge in [0, 0.05) is 6.42 Å². The molecule has 0 aromatic carbocycles. The van der Waals surface area contributed by atoms with Crippen LogP contribution < -0.4 is 0 Å². The lowest BCUT2D eigenvalue weighted by atomic mass is 9.87. The van der Waals surface area contributed by atoms with Crippen molar-refractivity contribution in [2.24, 2.45) is 5.41 Å². The Morgan fingerprint density at radius 1 is 1.50 bits per heavy atom. The third-order valence-corrected chi connectivity index (χ3v) is 1.51. The minimum atomic E-state index is 0.231. The Bertz CT molecular complexity index is 97.4. The number of nitrogens with zero attached hydrogens (tertiary/aromatic N) is 1. The van der Waals surface area contributed by atoms with Crippen molar-refractivity contribution in [3.8, 4) is 6.07 Å². The molecule has 0 aliphatic heterocycles. The molecule has 0 bridgehead atoms. The van der Waals surface area contributed by atoms with Crippen LogP contribution in [0.25, 0.3) is 0 Å². The van der Waals surface area contributed by atoms with E-state index < -0.39 is 0 Å². The predicted molar refractivity (Wildman–Crippen MR) is 34.3 cm³/mol. The van der Waals surface area contributed by atoms with Crippen LogP contribution in [0.4, 0.5) is 0 Å². The lowest BCUT2D eigenvalue weighted by molar-refractivity contribution is 0.361. The largest absolute Gasteiger partial charge is 0.198 e. The highest BCUT2D eigenvalue weighted by Gasteiger charge is 2.12. The van der Waals surface area contributed by atoms with Crippen LogP contribution in [0, 0.1) is 16.7 Å². The SMILES string of the molecule is CCC(C)(C)CC#N. The Kier molecular flexibility index (Phi) is 2.54. The second kappa shape index (κ2) is 2.71. The van der Waals surface area contributed by atoms with E-state index in [0.717, 1.165) is 6.42 Å². The van der Waals surface area contributed by atoms with Crippen molar-refractivity contribution < 1.29 is 0 Å². The average Bonchev–Trinajstić information content (AvgIpc) is 1.67. The summed E-state index contributed by atoms with van der Waals surface area (Å²) in [5, 5.41) is 8.28. The third-order valence-electron chi connectivity index (χ3n) is 1.51. The Balaban J connectivity index is 3.58. The fourth-order valence-electron chi connectivity index (χ4n) is 0.339. The summed E-state index contributed by atoms with van der Waals surface area (Å²) in [5.41, 5.74) is 0.231.